The summed E-state index contributed by atoms with van der Waals surface area (Å²) in [5.41, 5.74) is 8.40. The van der Waals surface area contributed by atoms with E-state index < -0.39 is 0 Å². The van der Waals surface area contributed by atoms with Gasteiger partial charge >= 0.3 is 0 Å². The van der Waals surface area contributed by atoms with Gasteiger partial charge in [-0.1, -0.05) is 12.1 Å². The van der Waals surface area contributed by atoms with E-state index in [9.17, 15) is 0 Å². The van der Waals surface area contributed by atoms with Gasteiger partial charge in [-0.25, -0.2) is 0 Å². The predicted octanol–water partition coefficient (Wildman–Crippen LogP) is 1.25. The number of aromatic nitrogens is 4. The molecule has 0 spiro atoms. The molecule has 0 aliphatic carbocycles. The van der Waals surface area contributed by atoms with Crippen LogP contribution in [-0.4, -0.2) is 19.8 Å². The fourth-order valence-electron chi connectivity index (χ4n) is 1.71. The smallest absolute Gasteiger partial charge is 0.243 e. The first kappa shape index (κ1) is 10.2. The van der Waals surface area contributed by atoms with Crippen molar-refractivity contribution in [3.8, 4) is 17.3 Å². The molecule has 2 N–H and O–H groups in total. The van der Waals surface area contributed by atoms with E-state index in [4.69, 9.17) is 11.0 Å². The minimum Gasteiger partial charge on any atom is -0.366 e. The van der Waals surface area contributed by atoms with Crippen molar-refractivity contribution in [3.63, 3.8) is 0 Å². The van der Waals surface area contributed by atoms with Crippen molar-refractivity contribution >= 4 is 11.6 Å². The summed E-state index contributed by atoms with van der Waals surface area (Å²) in [6, 6.07) is 12.9. The van der Waals surface area contributed by atoms with Gasteiger partial charge in [-0.2, -0.15) is 14.9 Å². The average molecular weight is 236 g/mol. The third-order valence-electron chi connectivity index (χ3n) is 2.57. The van der Waals surface area contributed by atoms with Gasteiger partial charge in [0.05, 0.1) is 17.3 Å². The quantitative estimate of drug-likeness (QED) is 0.686. The molecule has 0 fully saturated rings. The van der Waals surface area contributed by atoms with E-state index in [1.54, 1.807) is 18.2 Å². The zero-order chi connectivity index (χ0) is 12.5. The molecule has 86 valence electrons. The summed E-state index contributed by atoms with van der Waals surface area (Å²) >= 11 is 0. The van der Waals surface area contributed by atoms with E-state index >= 15 is 0 Å². The van der Waals surface area contributed by atoms with E-state index in [1.807, 2.05) is 18.2 Å². The first-order chi connectivity index (χ1) is 8.78. The minimum atomic E-state index is 0.239. The van der Waals surface area contributed by atoms with Gasteiger partial charge in [0.15, 0.2) is 5.65 Å². The molecule has 2 aromatic heterocycles. The Bertz CT molecular complexity index is 768. The van der Waals surface area contributed by atoms with Crippen molar-refractivity contribution < 1.29 is 0 Å². The lowest BCUT2D eigenvalue weighted by molar-refractivity contribution is 0.946. The number of benzene rings is 1. The number of rotatable bonds is 1. The predicted molar refractivity (Wildman–Crippen MR) is 65.3 cm³/mol. The second-order valence-electron chi connectivity index (χ2n) is 3.74. The highest BCUT2D eigenvalue weighted by atomic mass is 15.4. The van der Waals surface area contributed by atoms with E-state index in [2.05, 4.69) is 21.4 Å². The van der Waals surface area contributed by atoms with Gasteiger partial charge in [-0.15, -0.1) is 10.2 Å². The third kappa shape index (κ3) is 1.55. The molecule has 3 aromatic rings. The molecule has 0 amide bonds. The Morgan fingerprint density at radius 3 is 2.89 bits per heavy atom. The SMILES string of the molecule is N#Cc1cccc(-c2ccc3nnc(N)n3n2)c1. The van der Waals surface area contributed by atoms with E-state index in [-0.39, 0.29) is 5.95 Å². The van der Waals surface area contributed by atoms with Crippen LogP contribution in [0.5, 0.6) is 0 Å². The van der Waals surface area contributed by atoms with Gasteiger partial charge in [0, 0.05) is 5.56 Å². The molecule has 18 heavy (non-hydrogen) atoms. The maximum Gasteiger partial charge on any atom is 0.243 e. The Balaban J connectivity index is 2.19. The Morgan fingerprint density at radius 1 is 1.17 bits per heavy atom. The van der Waals surface area contributed by atoms with Gasteiger partial charge in [-0.05, 0) is 24.3 Å². The molecule has 6 heteroatoms. The second kappa shape index (κ2) is 3.82. The number of hydrogen-bond acceptors (Lipinski definition) is 5. The monoisotopic (exact) mass is 236 g/mol. The van der Waals surface area contributed by atoms with Gasteiger partial charge in [-0.3, -0.25) is 0 Å². The normalized spacial score (nSPS) is 10.4. The summed E-state index contributed by atoms with van der Waals surface area (Å²) in [4.78, 5) is 0. The summed E-state index contributed by atoms with van der Waals surface area (Å²) in [5.74, 6) is 0.239. The van der Waals surface area contributed by atoms with Crippen LogP contribution >= 0.6 is 0 Å². The summed E-state index contributed by atoms with van der Waals surface area (Å²) in [6.45, 7) is 0. The summed E-state index contributed by atoms with van der Waals surface area (Å²) in [5, 5.41) is 20.8. The highest BCUT2D eigenvalue weighted by Crippen LogP contribution is 2.18. The van der Waals surface area contributed by atoms with Crippen LogP contribution in [0.3, 0.4) is 0 Å². The molecule has 0 aliphatic heterocycles. The van der Waals surface area contributed by atoms with Crippen molar-refractivity contribution in [2.45, 2.75) is 0 Å². The van der Waals surface area contributed by atoms with Crippen molar-refractivity contribution in [2.75, 3.05) is 5.73 Å². The number of fused-ring (bicyclic) bond motifs is 1. The minimum absolute atomic E-state index is 0.239. The van der Waals surface area contributed by atoms with Crippen LogP contribution in [0.2, 0.25) is 0 Å². The molecule has 0 unspecified atom stereocenters. The standard InChI is InChI=1S/C12H8N6/c13-7-8-2-1-3-9(6-8)10-4-5-11-15-16-12(14)18(11)17-10/h1-6H,(H2,14,16). The molecule has 2 heterocycles. The van der Waals surface area contributed by atoms with Crippen molar-refractivity contribution in [1.29, 1.82) is 5.26 Å². The topological polar surface area (TPSA) is 92.9 Å². The molecule has 0 saturated carbocycles. The number of nitrogens with zero attached hydrogens (tertiary/aromatic N) is 5. The second-order valence-corrected chi connectivity index (χ2v) is 3.74. The Labute approximate surface area is 102 Å². The van der Waals surface area contributed by atoms with Crippen molar-refractivity contribution in [3.05, 3.63) is 42.0 Å². The van der Waals surface area contributed by atoms with Crippen LogP contribution in [0.1, 0.15) is 5.56 Å². The van der Waals surface area contributed by atoms with Crippen LogP contribution in [0.4, 0.5) is 5.95 Å². The molecule has 1 aromatic carbocycles. The van der Waals surface area contributed by atoms with Gasteiger partial charge in [0.2, 0.25) is 5.95 Å². The molecule has 0 aliphatic rings. The molecule has 0 radical (unpaired) electrons. The zero-order valence-electron chi connectivity index (χ0n) is 9.28. The van der Waals surface area contributed by atoms with E-state index in [0.717, 1.165) is 5.56 Å². The third-order valence-corrected chi connectivity index (χ3v) is 2.57. The van der Waals surface area contributed by atoms with Gasteiger partial charge < -0.3 is 5.73 Å². The lowest BCUT2D eigenvalue weighted by Crippen LogP contribution is -1.99. The van der Waals surface area contributed by atoms with Crippen LogP contribution in [0.25, 0.3) is 16.9 Å². The zero-order valence-corrected chi connectivity index (χ0v) is 9.28. The Kier molecular flexibility index (Phi) is 2.17. The lowest BCUT2D eigenvalue weighted by atomic mass is 10.1. The molecule has 3 rings (SSSR count). The van der Waals surface area contributed by atoms with E-state index in [0.29, 0.717) is 16.9 Å². The van der Waals surface area contributed by atoms with Crippen LogP contribution < -0.4 is 5.73 Å². The van der Waals surface area contributed by atoms with E-state index in [1.165, 1.54) is 4.52 Å². The lowest BCUT2D eigenvalue weighted by Gasteiger charge is -2.01. The van der Waals surface area contributed by atoms with Crippen molar-refractivity contribution in [2.24, 2.45) is 0 Å². The summed E-state index contributed by atoms with van der Waals surface area (Å²) in [7, 11) is 0. The Hall–Kier alpha value is -2.94. The first-order valence-corrected chi connectivity index (χ1v) is 5.26. The highest BCUT2D eigenvalue weighted by Gasteiger charge is 2.06. The number of anilines is 1. The molecule has 0 bridgehead atoms. The molecular formula is C12H8N6. The maximum atomic E-state index is 8.88. The van der Waals surface area contributed by atoms with Crippen LogP contribution in [0.15, 0.2) is 36.4 Å². The van der Waals surface area contributed by atoms with Gasteiger partial charge in [0.25, 0.3) is 0 Å². The summed E-state index contributed by atoms with van der Waals surface area (Å²) < 4.78 is 1.47. The maximum absolute atomic E-state index is 8.88. The van der Waals surface area contributed by atoms with Crippen LogP contribution in [-0.2, 0) is 0 Å². The number of nitrogen functional groups attached to an aromatic ring is 1. The average Bonchev–Trinajstić information content (AvgIpc) is 2.80. The number of nitrogens with two attached hydrogens (primary N) is 1. The molecule has 0 saturated heterocycles. The fraction of sp³-hybridized carbons (Fsp3) is 0. The van der Waals surface area contributed by atoms with Gasteiger partial charge in [0.1, 0.15) is 0 Å². The summed E-state index contributed by atoms with van der Waals surface area (Å²) in [6.07, 6.45) is 0. The number of hydrogen-bond donors (Lipinski definition) is 1. The largest absolute Gasteiger partial charge is 0.366 e. The Morgan fingerprint density at radius 2 is 2.06 bits per heavy atom. The first-order valence-electron chi connectivity index (χ1n) is 5.26. The molecule has 6 nitrogen and oxygen atoms in total. The fourth-order valence-corrected chi connectivity index (χ4v) is 1.71. The molecular weight excluding hydrogens is 228 g/mol. The highest BCUT2D eigenvalue weighted by molar-refractivity contribution is 5.62. The van der Waals surface area contributed by atoms with Crippen LogP contribution in [0, 0.1) is 11.3 Å². The van der Waals surface area contributed by atoms with Crippen molar-refractivity contribution in [1.82, 2.24) is 19.8 Å². The number of nitriles is 1. The molecule has 0 atom stereocenters.